The predicted molar refractivity (Wildman–Crippen MR) is 112 cm³/mol. The molecule has 1 amide bonds. The van der Waals surface area contributed by atoms with Crippen molar-refractivity contribution in [2.75, 3.05) is 19.0 Å². The third-order valence-corrected chi connectivity index (χ3v) is 4.49. The lowest BCUT2D eigenvalue weighted by atomic mass is 10.1. The van der Waals surface area contributed by atoms with Crippen LogP contribution in [0.1, 0.15) is 27.2 Å². The summed E-state index contributed by atoms with van der Waals surface area (Å²) < 4.78 is 5.22. The molecule has 0 saturated carbocycles. The van der Waals surface area contributed by atoms with E-state index in [1.165, 1.54) is 5.56 Å². The number of hydrogen-bond acceptors (Lipinski definition) is 4. The van der Waals surface area contributed by atoms with Crippen LogP contribution in [0.2, 0.25) is 0 Å². The largest absolute Gasteiger partial charge is 0.497 e. The zero-order valence-electron chi connectivity index (χ0n) is 16.5. The molecule has 0 aliphatic rings. The summed E-state index contributed by atoms with van der Waals surface area (Å²) in [5, 5.41) is 6.28. The Labute approximate surface area is 165 Å². The number of pyridine rings is 1. The van der Waals surface area contributed by atoms with Crippen LogP contribution in [0.5, 0.6) is 5.75 Å². The van der Waals surface area contributed by atoms with E-state index in [-0.39, 0.29) is 5.91 Å². The van der Waals surface area contributed by atoms with Gasteiger partial charge in [0.05, 0.1) is 7.11 Å². The lowest BCUT2D eigenvalue weighted by Gasteiger charge is -2.11. The molecule has 0 saturated heterocycles. The molecular formula is C23H25N3O2. The van der Waals surface area contributed by atoms with Gasteiger partial charge in [0.25, 0.3) is 5.91 Å². The second-order valence-electron chi connectivity index (χ2n) is 6.73. The van der Waals surface area contributed by atoms with E-state index >= 15 is 0 Å². The molecule has 5 nitrogen and oxygen atoms in total. The smallest absolute Gasteiger partial charge is 0.269 e. The SMILES string of the molecule is COc1cccc(CCNC(=O)c2cc(Nc3ccc(C)cc3C)ccn2)c1. The molecule has 1 heterocycles. The van der Waals surface area contributed by atoms with Crippen molar-refractivity contribution >= 4 is 17.3 Å². The van der Waals surface area contributed by atoms with E-state index in [1.807, 2.05) is 36.4 Å². The first-order valence-electron chi connectivity index (χ1n) is 9.26. The maximum atomic E-state index is 12.4. The van der Waals surface area contributed by atoms with Gasteiger partial charge in [0.15, 0.2) is 0 Å². The van der Waals surface area contributed by atoms with Gasteiger partial charge in [-0.2, -0.15) is 0 Å². The molecule has 0 aliphatic carbocycles. The molecule has 28 heavy (non-hydrogen) atoms. The van der Waals surface area contributed by atoms with Gasteiger partial charge < -0.3 is 15.4 Å². The van der Waals surface area contributed by atoms with Crippen LogP contribution < -0.4 is 15.4 Å². The number of aryl methyl sites for hydroxylation is 2. The molecule has 0 radical (unpaired) electrons. The highest BCUT2D eigenvalue weighted by Gasteiger charge is 2.08. The zero-order chi connectivity index (χ0) is 19.9. The minimum absolute atomic E-state index is 0.188. The minimum atomic E-state index is -0.188. The Hall–Kier alpha value is -3.34. The van der Waals surface area contributed by atoms with Gasteiger partial charge >= 0.3 is 0 Å². The fraction of sp³-hybridized carbons (Fsp3) is 0.217. The van der Waals surface area contributed by atoms with E-state index in [0.717, 1.165) is 34.7 Å². The third-order valence-electron chi connectivity index (χ3n) is 4.49. The number of benzene rings is 2. The van der Waals surface area contributed by atoms with Crippen LogP contribution in [0.3, 0.4) is 0 Å². The Morgan fingerprint density at radius 2 is 1.93 bits per heavy atom. The van der Waals surface area contributed by atoms with E-state index in [9.17, 15) is 4.79 Å². The molecule has 5 heteroatoms. The topological polar surface area (TPSA) is 63.2 Å². The molecule has 0 spiro atoms. The molecule has 0 fully saturated rings. The van der Waals surface area contributed by atoms with Gasteiger partial charge in [-0.25, -0.2) is 0 Å². The first kappa shape index (κ1) is 19.4. The number of ether oxygens (including phenoxy) is 1. The highest BCUT2D eigenvalue weighted by Crippen LogP contribution is 2.21. The van der Waals surface area contributed by atoms with Gasteiger partial charge in [-0.15, -0.1) is 0 Å². The van der Waals surface area contributed by atoms with Crippen molar-refractivity contribution < 1.29 is 9.53 Å². The van der Waals surface area contributed by atoms with Gasteiger partial charge in [-0.3, -0.25) is 9.78 Å². The summed E-state index contributed by atoms with van der Waals surface area (Å²) in [5.41, 5.74) is 5.72. The van der Waals surface area contributed by atoms with Crippen LogP contribution in [0, 0.1) is 13.8 Å². The first-order valence-corrected chi connectivity index (χ1v) is 9.26. The molecule has 2 aromatic carbocycles. The monoisotopic (exact) mass is 375 g/mol. The van der Waals surface area contributed by atoms with Crippen LogP contribution in [-0.2, 0) is 6.42 Å². The van der Waals surface area contributed by atoms with Crippen molar-refractivity contribution in [3.63, 3.8) is 0 Å². The molecule has 144 valence electrons. The lowest BCUT2D eigenvalue weighted by molar-refractivity contribution is 0.0949. The first-order chi connectivity index (χ1) is 13.5. The molecule has 0 unspecified atom stereocenters. The molecule has 2 N–H and O–H groups in total. The van der Waals surface area contributed by atoms with Gasteiger partial charge in [-0.05, 0) is 61.7 Å². The van der Waals surface area contributed by atoms with E-state index in [0.29, 0.717) is 12.2 Å². The van der Waals surface area contributed by atoms with Crippen LogP contribution >= 0.6 is 0 Å². The minimum Gasteiger partial charge on any atom is -0.497 e. The van der Waals surface area contributed by atoms with Crippen molar-refractivity contribution in [1.82, 2.24) is 10.3 Å². The van der Waals surface area contributed by atoms with Crippen molar-refractivity contribution in [3.8, 4) is 5.75 Å². The maximum Gasteiger partial charge on any atom is 0.269 e. The predicted octanol–water partition coefficient (Wildman–Crippen LogP) is 4.42. The molecule has 0 bridgehead atoms. The van der Waals surface area contributed by atoms with Gasteiger partial charge in [-0.1, -0.05) is 29.8 Å². The summed E-state index contributed by atoms with van der Waals surface area (Å²) >= 11 is 0. The number of nitrogens with one attached hydrogen (secondary N) is 2. The third kappa shape index (κ3) is 5.10. The number of methoxy groups -OCH3 is 1. The summed E-state index contributed by atoms with van der Waals surface area (Å²) in [5.74, 6) is 0.628. The normalized spacial score (nSPS) is 10.4. The van der Waals surface area contributed by atoms with Gasteiger partial charge in [0.2, 0.25) is 0 Å². The molecule has 0 atom stereocenters. The van der Waals surface area contributed by atoms with Crippen LogP contribution in [0.15, 0.2) is 60.8 Å². The number of nitrogens with zero attached hydrogens (tertiary/aromatic N) is 1. The summed E-state index contributed by atoms with van der Waals surface area (Å²) in [6.45, 7) is 4.66. The van der Waals surface area contributed by atoms with Crippen molar-refractivity contribution in [2.24, 2.45) is 0 Å². The second-order valence-corrected chi connectivity index (χ2v) is 6.73. The average Bonchev–Trinajstić information content (AvgIpc) is 2.70. The van der Waals surface area contributed by atoms with E-state index < -0.39 is 0 Å². The number of amides is 1. The highest BCUT2D eigenvalue weighted by atomic mass is 16.5. The van der Waals surface area contributed by atoms with Gasteiger partial charge in [0.1, 0.15) is 11.4 Å². The quantitative estimate of drug-likeness (QED) is 0.641. The standard InChI is InChI=1S/C23H25N3O2/c1-16-7-8-21(17(2)13-16)26-19-10-12-24-22(15-19)23(27)25-11-9-18-5-4-6-20(14-18)28-3/h4-8,10,12-15H,9,11H2,1-3H3,(H,24,26)(H,25,27). The fourth-order valence-corrected chi connectivity index (χ4v) is 2.98. The Morgan fingerprint density at radius 1 is 1.07 bits per heavy atom. The van der Waals surface area contributed by atoms with Crippen molar-refractivity contribution in [3.05, 3.63) is 83.2 Å². The Morgan fingerprint density at radius 3 is 2.71 bits per heavy atom. The van der Waals surface area contributed by atoms with Crippen LogP contribution in [0.4, 0.5) is 11.4 Å². The number of rotatable bonds is 7. The van der Waals surface area contributed by atoms with E-state index in [1.54, 1.807) is 19.4 Å². The van der Waals surface area contributed by atoms with Crippen molar-refractivity contribution in [2.45, 2.75) is 20.3 Å². The fourth-order valence-electron chi connectivity index (χ4n) is 2.98. The Balaban J connectivity index is 1.60. The Kier molecular flexibility index (Phi) is 6.27. The Bertz CT molecular complexity index is 970. The molecule has 3 rings (SSSR count). The highest BCUT2D eigenvalue weighted by molar-refractivity contribution is 5.93. The number of carbonyl (C=O) groups is 1. The average molecular weight is 375 g/mol. The van der Waals surface area contributed by atoms with Crippen LogP contribution in [0.25, 0.3) is 0 Å². The lowest BCUT2D eigenvalue weighted by Crippen LogP contribution is -2.26. The molecule has 3 aromatic rings. The summed E-state index contributed by atoms with van der Waals surface area (Å²) in [4.78, 5) is 16.6. The van der Waals surface area contributed by atoms with Crippen molar-refractivity contribution in [1.29, 1.82) is 0 Å². The summed E-state index contributed by atoms with van der Waals surface area (Å²) in [7, 11) is 1.64. The molecule has 1 aromatic heterocycles. The maximum absolute atomic E-state index is 12.4. The number of anilines is 2. The van der Waals surface area contributed by atoms with E-state index in [2.05, 4.69) is 41.6 Å². The number of aromatic nitrogens is 1. The summed E-state index contributed by atoms with van der Waals surface area (Å²) in [6, 6.07) is 17.7. The van der Waals surface area contributed by atoms with Gasteiger partial charge in [0, 0.05) is 24.1 Å². The molecular weight excluding hydrogens is 350 g/mol. The second kappa shape index (κ2) is 9.04. The molecule has 0 aliphatic heterocycles. The summed E-state index contributed by atoms with van der Waals surface area (Å²) in [6.07, 6.45) is 2.37. The zero-order valence-corrected chi connectivity index (χ0v) is 16.5. The van der Waals surface area contributed by atoms with E-state index in [4.69, 9.17) is 4.74 Å². The number of carbonyl (C=O) groups excluding carboxylic acids is 1. The van der Waals surface area contributed by atoms with Crippen LogP contribution in [-0.4, -0.2) is 24.5 Å². The number of hydrogen-bond donors (Lipinski definition) is 2.